The molecule has 0 fully saturated rings. The highest BCUT2D eigenvalue weighted by molar-refractivity contribution is 5.71. The number of aryl methyl sites for hydroxylation is 1. The van der Waals surface area contributed by atoms with Gasteiger partial charge < -0.3 is 19.7 Å². The number of amides is 1. The number of carbonyl (C=O) groups is 2. The molecule has 2 rings (SSSR count). The van der Waals surface area contributed by atoms with Crippen LogP contribution in [-0.2, 0) is 22.7 Å². The number of ether oxygens (including phenoxy) is 1. The number of nitrogens with one attached hydrogen (secondary N) is 1. The molecule has 0 saturated heterocycles. The van der Waals surface area contributed by atoms with Gasteiger partial charge in [0, 0.05) is 6.54 Å². The number of imidazole rings is 1. The SMILES string of the molecule is CCn1cncc1[C@@H](CC(=O)O)NC(=O)OCc1ccccc1. The third kappa shape index (κ3) is 4.84. The molecule has 0 saturated carbocycles. The Morgan fingerprint density at radius 2 is 2.09 bits per heavy atom. The molecular formula is C16H19N3O4. The molecular weight excluding hydrogens is 298 g/mol. The predicted octanol–water partition coefficient (Wildman–Crippen LogP) is 2.35. The molecule has 1 atom stereocenters. The summed E-state index contributed by atoms with van der Waals surface area (Å²) in [5.74, 6) is -1.01. The largest absolute Gasteiger partial charge is 0.481 e. The molecule has 7 heteroatoms. The van der Waals surface area contributed by atoms with Crippen LogP contribution in [0.1, 0.15) is 30.6 Å². The summed E-state index contributed by atoms with van der Waals surface area (Å²) in [6.45, 7) is 2.67. The summed E-state index contributed by atoms with van der Waals surface area (Å²) in [5, 5.41) is 11.6. The van der Waals surface area contributed by atoms with Gasteiger partial charge in [-0.15, -0.1) is 0 Å². The van der Waals surface area contributed by atoms with E-state index in [0.29, 0.717) is 12.2 Å². The van der Waals surface area contributed by atoms with Gasteiger partial charge in [-0.25, -0.2) is 9.78 Å². The molecule has 0 radical (unpaired) electrons. The molecule has 0 aliphatic heterocycles. The number of hydrogen-bond donors (Lipinski definition) is 2. The molecule has 7 nitrogen and oxygen atoms in total. The smallest absolute Gasteiger partial charge is 0.408 e. The van der Waals surface area contributed by atoms with E-state index in [4.69, 9.17) is 9.84 Å². The van der Waals surface area contributed by atoms with Gasteiger partial charge in [-0.05, 0) is 12.5 Å². The Labute approximate surface area is 133 Å². The lowest BCUT2D eigenvalue weighted by atomic mass is 10.1. The Balaban J connectivity index is 2.00. The minimum atomic E-state index is -1.01. The first kappa shape index (κ1) is 16.5. The highest BCUT2D eigenvalue weighted by atomic mass is 16.5. The van der Waals surface area contributed by atoms with Gasteiger partial charge in [0.25, 0.3) is 0 Å². The van der Waals surface area contributed by atoms with E-state index in [2.05, 4.69) is 10.3 Å². The van der Waals surface area contributed by atoms with E-state index in [1.807, 2.05) is 37.3 Å². The van der Waals surface area contributed by atoms with Crippen LogP contribution in [0.2, 0.25) is 0 Å². The van der Waals surface area contributed by atoms with Crippen molar-refractivity contribution in [1.29, 1.82) is 0 Å². The van der Waals surface area contributed by atoms with Crippen molar-refractivity contribution >= 4 is 12.1 Å². The maximum absolute atomic E-state index is 11.9. The van der Waals surface area contributed by atoms with E-state index in [9.17, 15) is 9.59 Å². The van der Waals surface area contributed by atoms with Crippen LogP contribution in [0.15, 0.2) is 42.9 Å². The molecule has 122 valence electrons. The van der Waals surface area contributed by atoms with Crippen molar-refractivity contribution in [3.05, 3.63) is 54.1 Å². The second-order valence-electron chi connectivity index (χ2n) is 4.96. The van der Waals surface area contributed by atoms with Gasteiger partial charge in [-0.3, -0.25) is 4.79 Å². The highest BCUT2D eigenvalue weighted by Crippen LogP contribution is 2.17. The van der Waals surface area contributed by atoms with E-state index in [-0.39, 0.29) is 13.0 Å². The van der Waals surface area contributed by atoms with Crippen molar-refractivity contribution in [2.75, 3.05) is 0 Å². The Hall–Kier alpha value is -2.83. The average molecular weight is 317 g/mol. The first-order valence-corrected chi connectivity index (χ1v) is 7.29. The standard InChI is InChI=1S/C16H19N3O4/c1-2-19-11-17-9-14(19)13(8-15(20)21)18-16(22)23-10-12-6-4-3-5-7-12/h3-7,9,11,13H,2,8,10H2,1H3,(H,18,22)(H,20,21)/t13-/m1/s1. The predicted molar refractivity (Wildman–Crippen MR) is 82.7 cm³/mol. The monoisotopic (exact) mass is 317 g/mol. The zero-order valence-electron chi connectivity index (χ0n) is 12.8. The zero-order valence-corrected chi connectivity index (χ0v) is 12.8. The fraction of sp³-hybridized carbons (Fsp3) is 0.312. The number of hydrogen-bond acceptors (Lipinski definition) is 4. The number of benzene rings is 1. The molecule has 2 aromatic rings. The second kappa shape index (κ2) is 7.98. The van der Waals surface area contributed by atoms with Gasteiger partial charge in [0.15, 0.2) is 0 Å². The third-order valence-electron chi connectivity index (χ3n) is 3.33. The summed E-state index contributed by atoms with van der Waals surface area (Å²) in [6, 6.07) is 8.56. The quantitative estimate of drug-likeness (QED) is 0.817. The molecule has 0 aliphatic rings. The van der Waals surface area contributed by atoms with E-state index < -0.39 is 18.1 Å². The van der Waals surface area contributed by atoms with Crippen LogP contribution in [-0.4, -0.2) is 26.7 Å². The van der Waals surface area contributed by atoms with E-state index >= 15 is 0 Å². The van der Waals surface area contributed by atoms with Crippen molar-refractivity contribution in [2.24, 2.45) is 0 Å². The van der Waals surface area contributed by atoms with Gasteiger partial charge in [-0.1, -0.05) is 30.3 Å². The molecule has 1 heterocycles. The van der Waals surface area contributed by atoms with Crippen molar-refractivity contribution in [3.63, 3.8) is 0 Å². The van der Waals surface area contributed by atoms with Crippen LogP contribution in [0.25, 0.3) is 0 Å². The Kier molecular flexibility index (Phi) is 5.74. The van der Waals surface area contributed by atoms with Crippen LogP contribution >= 0.6 is 0 Å². The number of aromatic nitrogens is 2. The van der Waals surface area contributed by atoms with Gasteiger partial charge in [0.1, 0.15) is 6.61 Å². The van der Waals surface area contributed by atoms with Crippen molar-refractivity contribution in [2.45, 2.75) is 32.5 Å². The minimum Gasteiger partial charge on any atom is -0.481 e. The fourth-order valence-electron chi connectivity index (χ4n) is 2.20. The van der Waals surface area contributed by atoms with Gasteiger partial charge in [0.2, 0.25) is 0 Å². The summed E-state index contributed by atoms with van der Waals surface area (Å²) in [4.78, 5) is 27.0. The number of nitrogens with zero attached hydrogens (tertiary/aromatic N) is 2. The minimum absolute atomic E-state index is 0.125. The van der Waals surface area contributed by atoms with E-state index in [0.717, 1.165) is 5.56 Å². The van der Waals surface area contributed by atoms with Crippen LogP contribution < -0.4 is 5.32 Å². The summed E-state index contributed by atoms with van der Waals surface area (Å²) < 4.78 is 6.92. The normalized spacial score (nSPS) is 11.7. The van der Waals surface area contributed by atoms with Gasteiger partial charge >= 0.3 is 12.1 Å². The van der Waals surface area contributed by atoms with Crippen LogP contribution in [0.4, 0.5) is 4.79 Å². The summed E-state index contributed by atoms with van der Waals surface area (Å²) in [7, 11) is 0. The van der Waals surface area contributed by atoms with Crippen LogP contribution in [0.3, 0.4) is 0 Å². The number of rotatable bonds is 7. The first-order chi connectivity index (χ1) is 11.1. The summed E-state index contributed by atoms with van der Waals surface area (Å²) in [6.07, 6.45) is 2.24. The van der Waals surface area contributed by atoms with Crippen LogP contribution in [0.5, 0.6) is 0 Å². The van der Waals surface area contributed by atoms with E-state index in [1.54, 1.807) is 17.1 Å². The van der Waals surface area contributed by atoms with E-state index in [1.165, 1.54) is 0 Å². The molecule has 1 aromatic carbocycles. The van der Waals surface area contributed by atoms with Crippen LogP contribution in [0, 0.1) is 0 Å². The Morgan fingerprint density at radius 1 is 1.35 bits per heavy atom. The molecule has 0 aliphatic carbocycles. The van der Waals surface area contributed by atoms with Gasteiger partial charge in [0.05, 0.1) is 30.7 Å². The lowest BCUT2D eigenvalue weighted by Gasteiger charge is -2.18. The molecule has 2 N–H and O–H groups in total. The molecule has 1 amide bonds. The Bertz CT molecular complexity index is 654. The lowest BCUT2D eigenvalue weighted by molar-refractivity contribution is -0.137. The molecule has 0 bridgehead atoms. The topological polar surface area (TPSA) is 93.5 Å². The summed E-state index contributed by atoms with van der Waals surface area (Å²) in [5.41, 5.74) is 1.49. The first-order valence-electron chi connectivity index (χ1n) is 7.29. The van der Waals surface area contributed by atoms with Crippen molar-refractivity contribution < 1.29 is 19.4 Å². The number of aliphatic carboxylic acids is 1. The molecule has 0 unspecified atom stereocenters. The van der Waals surface area contributed by atoms with Gasteiger partial charge in [-0.2, -0.15) is 0 Å². The maximum Gasteiger partial charge on any atom is 0.408 e. The number of carboxylic acids is 1. The highest BCUT2D eigenvalue weighted by Gasteiger charge is 2.22. The molecule has 1 aromatic heterocycles. The Morgan fingerprint density at radius 3 is 2.74 bits per heavy atom. The van der Waals surface area contributed by atoms with Crippen molar-refractivity contribution in [1.82, 2.24) is 14.9 Å². The average Bonchev–Trinajstić information content (AvgIpc) is 3.01. The number of carboxylic acid groups (broad SMARTS) is 1. The molecule has 0 spiro atoms. The molecule has 23 heavy (non-hydrogen) atoms. The van der Waals surface area contributed by atoms with Crippen molar-refractivity contribution in [3.8, 4) is 0 Å². The zero-order chi connectivity index (χ0) is 16.7. The number of alkyl carbamates (subject to hydrolysis) is 1. The third-order valence-corrected chi connectivity index (χ3v) is 3.33. The fourth-order valence-corrected chi connectivity index (χ4v) is 2.20. The second-order valence-corrected chi connectivity index (χ2v) is 4.96. The lowest BCUT2D eigenvalue weighted by Crippen LogP contribution is -2.32. The maximum atomic E-state index is 11.9. The number of carbonyl (C=O) groups excluding carboxylic acids is 1. The summed E-state index contributed by atoms with van der Waals surface area (Å²) >= 11 is 0.